The normalized spacial score (nSPS) is 15.3. The van der Waals surface area contributed by atoms with Crippen molar-refractivity contribution >= 4 is 45.1 Å². The van der Waals surface area contributed by atoms with Gasteiger partial charge in [0.05, 0.1) is 66.4 Å². The summed E-state index contributed by atoms with van der Waals surface area (Å²) < 4.78 is 41.5. The molecule has 278 valence electrons. The molecule has 8 rings (SSSR count). The number of nitrogens with zero attached hydrogens (tertiary/aromatic N) is 11. The van der Waals surface area contributed by atoms with Crippen LogP contribution in [0.2, 0.25) is 0 Å². The van der Waals surface area contributed by atoms with Crippen molar-refractivity contribution in [3.63, 3.8) is 0 Å². The zero-order valence-corrected chi connectivity index (χ0v) is 30.9. The van der Waals surface area contributed by atoms with Gasteiger partial charge in [0.1, 0.15) is 22.7 Å². The number of nitrogens with one attached hydrogen (secondary N) is 1. The van der Waals surface area contributed by atoms with Crippen LogP contribution in [0.4, 0.5) is 36.2 Å². The average Bonchev–Trinajstić information content (AvgIpc) is 3.68. The minimum atomic E-state index is -4.15. The Morgan fingerprint density at radius 3 is 1.57 bits per heavy atom. The highest BCUT2D eigenvalue weighted by Crippen LogP contribution is 2.34. The van der Waals surface area contributed by atoms with E-state index >= 15 is 0 Å². The first-order valence-corrected chi connectivity index (χ1v) is 17.9. The molecule has 8 heterocycles. The monoisotopic (exact) mass is 726 g/mol. The van der Waals surface area contributed by atoms with E-state index in [0.717, 1.165) is 82.3 Å². The van der Waals surface area contributed by atoms with Crippen molar-refractivity contribution < 1.29 is 13.2 Å². The number of hydrogen-bond donors (Lipinski definition) is 1. The van der Waals surface area contributed by atoms with Gasteiger partial charge in [-0.15, -0.1) is 0 Å². The number of aromatic nitrogens is 8. The summed E-state index contributed by atoms with van der Waals surface area (Å²) >= 11 is 0. The van der Waals surface area contributed by atoms with Gasteiger partial charge in [-0.25, -0.2) is 19.9 Å². The first-order valence-electron chi connectivity index (χ1n) is 17.9. The van der Waals surface area contributed by atoms with E-state index in [4.69, 9.17) is 4.98 Å². The fourth-order valence-electron chi connectivity index (χ4n) is 6.92. The third-order valence-corrected chi connectivity index (χ3v) is 10.3. The highest BCUT2D eigenvalue weighted by molar-refractivity contribution is 5.80. The number of hydrogen-bond acceptors (Lipinski definition) is 10. The molecule has 0 atom stereocenters. The molecule has 0 unspecified atom stereocenters. The predicted molar refractivity (Wildman–Crippen MR) is 201 cm³/mol. The van der Waals surface area contributed by atoms with Crippen molar-refractivity contribution in [3.8, 4) is 0 Å². The lowest BCUT2D eigenvalue weighted by Gasteiger charge is -2.39. The molecular weight excluding hydrogens is 681 g/mol. The van der Waals surface area contributed by atoms with E-state index in [1.807, 2.05) is 73.1 Å². The van der Waals surface area contributed by atoms with Crippen LogP contribution in [0.3, 0.4) is 0 Å². The number of halogens is 3. The molecule has 12 nitrogen and oxygen atoms in total. The van der Waals surface area contributed by atoms with Crippen molar-refractivity contribution in [2.75, 3.05) is 56.6 Å². The number of anilines is 4. The van der Waals surface area contributed by atoms with E-state index in [9.17, 15) is 13.2 Å². The van der Waals surface area contributed by atoms with Crippen molar-refractivity contribution in [2.24, 2.45) is 14.1 Å². The second-order valence-electron chi connectivity index (χ2n) is 13.9. The van der Waals surface area contributed by atoms with Gasteiger partial charge >= 0.3 is 6.18 Å². The maximum absolute atomic E-state index is 12.5. The Hall–Kier alpha value is -5.15. The van der Waals surface area contributed by atoms with Crippen molar-refractivity contribution in [1.29, 1.82) is 0 Å². The van der Waals surface area contributed by atoms with Gasteiger partial charge in [0.15, 0.2) is 0 Å². The van der Waals surface area contributed by atoms with Crippen LogP contribution >= 0.6 is 0 Å². The highest BCUT2D eigenvalue weighted by Gasteiger charge is 2.38. The Kier molecular flexibility index (Phi) is 10.0. The lowest BCUT2D eigenvalue weighted by atomic mass is 9.94. The molecule has 0 radical (unpaired) electrons. The third kappa shape index (κ3) is 7.53. The maximum atomic E-state index is 12.5. The van der Waals surface area contributed by atoms with Crippen LogP contribution in [0.25, 0.3) is 22.1 Å². The number of alkyl halides is 3. The molecule has 0 amide bonds. The van der Waals surface area contributed by atoms with E-state index in [1.54, 1.807) is 18.7 Å². The first-order chi connectivity index (χ1) is 25.4. The summed E-state index contributed by atoms with van der Waals surface area (Å²) in [5, 5.41) is 3.31. The topological polar surface area (TPSA) is 109 Å². The minimum Gasteiger partial charge on any atom is -0.334 e. The van der Waals surface area contributed by atoms with Crippen molar-refractivity contribution in [2.45, 2.75) is 44.7 Å². The summed E-state index contributed by atoms with van der Waals surface area (Å²) in [5.74, 6) is 2.29. The van der Waals surface area contributed by atoms with E-state index < -0.39 is 12.7 Å². The Balaban J connectivity index is 0.000000167. The molecule has 0 aliphatic carbocycles. The summed E-state index contributed by atoms with van der Waals surface area (Å²) in [5.41, 5.74) is 10.3. The van der Waals surface area contributed by atoms with Gasteiger partial charge in [-0.3, -0.25) is 14.9 Å². The van der Waals surface area contributed by atoms with Gasteiger partial charge in [0.2, 0.25) is 0 Å². The van der Waals surface area contributed by atoms with Crippen LogP contribution in [-0.2, 0) is 26.9 Å². The first kappa shape index (κ1) is 36.2. The summed E-state index contributed by atoms with van der Waals surface area (Å²) in [4.78, 5) is 32.5. The SMILES string of the molecule is CCc1cc(C2CN(CC(F)(F)F)C2)ncc1N(C)c1cc2c(cn1)ncn2C.CCc1cc(C2CNC2)ncc1N(C)c1cc2c(cn1)ncn2C. The molecular formula is C38H45F3N12. The van der Waals surface area contributed by atoms with Gasteiger partial charge in [0, 0.05) is 89.7 Å². The molecule has 15 heteroatoms. The Morgan fingerprint density at radius 2 is 1.15 bits per heavy atom. The van der Waals surface area contributed by atoms with Crippen molar-refractivity contribution in [1.82, 2.24) is 49.3 Å². The fourth-order valence-corrected chi connectivity index (χ4v) is 6.92. The van der Waals surface area contributed by atoms with E-state index in [-0.39, 0.29) is 5.92 Å². The van der Waals surface area contributed by atoms with Crippen LogP contribution in [0.5, 0.6) is 0 Å². The fraction of sp³-hybridized carbons (Fsp3) is 0.421. The number of rotatable bonds is 9. The van der Waals surface area contributed by atoms with Crippen LogP contribution in [-0.4, -0.2) is 96.9 Å². The molecule has 2 fully saturated rings. The highest BCUT2D eigenvalue weighted by atomic mass is 19.4. The number of imidazole rings is 2. The summed E-state index contributed by atoms with van der Waals surface area (Å²) in [7, 11) is 7.92. The molecule has 53 heavy (non-hydrogen) atoms. The quantitative estimate of drug-likeness (QED) is 0.190. The number of likely N-dealkylation sites (tertiary alicyclic amines) is 1. The Bertz CT molecular complexity index is 2220. The number of pyridine rings is 4. The molecule has 6 aromatic rings. The average molecular weight is 727 g/mol. The Morgan fingerprint density at radius 1 is 0.679 bits per heavy atom. The second-order valence-corrected chi connectivity index (χ2v) is 13.9. The number of aryl methyl sites for hydroxylation is 4. The van der Waals surface area contributed by atoms with Gasteiger partial charge < -0.3 is 24.3 Å². The summed E-state index contributed by atoms with van der Waals surface area (Å²) in [6.07, 6.45) is 8.55. The standard InChI is InChI=1S/C20H23F3N6.C18H22N6/c1-4-13-5-15(14-9-29(10-14)11-20(21,22)23)24-8-18(13)28(3)19-6-17-16(7-25-19)26-12-27(17)2;1-4-12-5-14(13-7-19-8-13)20-10-17(12)24(3)18-6-16-15(9-21-18)22-11-23(16)2/h5-8,12,14H,4,9-11H2,1-3H3;5-6,9-11,13,19H,4,7-8H2,1-3H3. The molecule has 2 saturated heterocycles. The lowest BCUT2D eigenvalue weighted by Crippen LogP contribution is -2.49. The molecule has 2 aliphatic heterocycles. The van der Waals surface area contributed by atoms with Gasteiger partial charge in [-0.2, -0.15) is 13.2 Å². The Labute approximate surface area is 306 Å². The second kappa shape index (κ2) is 14.7. The van der Waals surface area contributed by atoms with E-state index in [2.05, 4.69) is 61.1 Å². The van der Waals surface area contributed by atoms with Gasteiger partial charge in [0.25, 0.3) is 0 Å². The van der Waals surface area contributed by atoms with Gasteiger partial charge in [-0.05, 0) is 36.1 Å². The predicted octanol–water partition coefficient (Wildman–Crippen LogP) is 6.04. The third-order valence-electron chi connectivity index (χ3n) is 10.3. The van der Waals surface area contributed by atoms with Crippen molar-refractivity contribution in [3.05, 3.63) is 84.2 Å². The zero-order chi connectivity index (χ0) is 37.4. The summed E-state index contributed by atoms with van der Waals surface area (Å²) in [6.45, 7) is 6.24. The lowest BCUT2D eigenvalue weighted by molar-refractivity contribution is -0.155. The zero-order valence-electron chi connectivity index (χ0n) is 30.9. The minimum absolute atomic E-state index is 0.0472. The van der Waals surface area contributed by atoms with E-state index in [0.29, 0.717) is 19.0 Å². The largest absolute Gasteiger partial charge is 0.401 e. The van der Waals surface area contributed by atoms with Crippen LogP contribution in [0.15, 0.2) is 61.7 Å². The van der Waals surface area contributed by atoms with Crippen LogP contribution in [0.1, 0.15) is 48.2 Å². The van der Waals surface area contributed by atoms with Gasteiger partial charge in [-0.1, -0.05) is 13.8 Å². The maximum Gasteiger partial charge on any atom is 0.401 e. The molecule has 6 aromatic heterocycles. The van der Waals surface area contributed by atoms with E-state index in [1.165, 1.54) is 16.2 Å². The smallest absolute Gasteiger partial charge is 0.334 e. The van der Waals surface area contributed by atoms with Crippen LogP contribution < -0.4 is 15.1 Å². The molecule has 0 aromatic carbocycles. The molecule has 2 aliphatic rings. The molecule has 0 spiro atoms. The van der Waals surface area contributed by atoms with Crippen LogP contribution in [0, 0.1) is 0 Å². The summed E-state index contributed by atoms with van der Waals surface area (Å²) in [6, 6.07) is 8.33. The molecule has 0 saturated carbocycles. The molecule has 1 N–H and O–H groups in total. The number of fused-ring (bicyclic) bond motifs is 2. The molecule has 0 bridgehead atoms.